The first-order chi connectivity index (χ1) is 14.6. The van der Waals surface area contributed by atoms with Gasteiger partial charge < -0.3 is 10.1 Å². The van der Waals surface area contributed by atoms with Crippen molar-refractivity contribution in [1.29, 1.82) is 0 Å². The number of nitrogens with zero attached hydrogens (tertiary/aromatic N) is 2. The molecule has 0 bridgehead atoms. The first kappa shape index (κ1) is 20.2. The Hall–Kier alpha value is -3.13. The van der Waals surface area contributed by atoms with Crippen LogP contribution in [-0.2, 0) is 11.2 Å². The Labute approximate surface area is 178 Å². The van der Waals surface area contributed by atoms with E-state index in [9.17, 15) is 9.59 Å². The lowest BCUT2D eigenvalue weighted by atomic mass is 9.88. The van der Waals surface area contributed by atoms with E-state index in [-0.39, 0.29) is 29.0 Å². The van der Waals surface area contributed by atoms with E-state index in [4.69, 9.17) is 4.74 Å². The highest BCUT2D eigenvalue weighted by Crippen LogP contribution is 2.29. The van der Waals surface area contributed by atoms with Gasteiger partial charge in [0, 0.05) is 5.56 Å². The summed E-state index contributed by atoms with van der Waals surface area (Å²) >= 11 is 1.16. The maximum atomic E-state index is 12.4. The van der Waals surface area contributed by atoms with E-state index < -0.39 is 0 Å². The number of hydrogen-bond donors (Lipinski definition) is 2. The van der Waals surface area contributed by atoms with Crippen molar-refractivity contribution in [2.75, 3.05) is 12.9 Å². The molecule has 0 unspecified atom stereocenters. The topological polar surface area (TPSA) is 97.0 Å². The molecule has 2 N–H and O–H groups in total. The number of benzene rings is 2. The number of aromatic amines is 1. The highest BCUT2D eigenvalue weighted by Gasteiger charge is 2.21. The molecule has 0 radical (unpaired) electrons. The van der Waals surface area contributed by atoms with E-state index in [1.54, 1.807) is 31.4 Å². The van der Waals surface area contributed by atoms with Crippen LogP contribution in [0.1, 0.15) is 30.0 Å². The van der Waals surface area contributed by atoms with Gasteiger partial charge in [0.05, 0.1) is 18.9 Å². The Bertz CT molecular complexity index is 1100. The van der Waals surface area contributed by atoms with Gasteiger partial charge in [-0.25, -0.2) is 0 Å². The molecule has 0 saturated carbocycles. The van der Waals surface area contributed by atoms with E-state index in [1.807, 2.05) is 12.1 Å². The van der Waals surface area contributed by atoms with Crippen LogP contribution in [0.2, 0.25) is 0 Å². The third-order valence-electron chi connectivity index (χ3n) is 5.08. The van der Waals surface area contributed by atoms with Gasteiger partial charge in [-0.15, -0.1) is 10.2 Å². The minimum atomic E-state index is -0.348. The Kier molecular flexibility index (Phi) is 6.13. The Balaban J connectivity index is 1.38. The SMILES string of the molecule is COc1ccc(-c2nnc(SCC(=O)N[C@H]3CCCc4ccccc43)[nH]c2=O)cc1. The number of carbonyl (C=O) groups is 1. The lowest BCUT2D eigenvalue weighted by Crippen LogP contribution is -2.32. The Morgan fingerprint density at radius 1 is 1.20 bits per heavy atom. The van der Waals surface area contributed by atoms with Crippen LogP contribution in [0.4, 0.5) is 0 Å². The average Bonchev–Trinajstić information content (AvgIpc) is 2.78. The predicted molar refractivity (Wildman–Crippen MR) is 116 cm³/mol. The number of aryl methyl sites for hydroxylation is 1. The van der Waals surface area contributed by atoms with Crippen molar-refractivity contribution < 1.29 is 9.53 Å². The van der Waals surface area contributed by atoms with Gasteiger partial charge in [-0.1, -0.05) is 36.0 Å². The molecule has 0 aliphatic heterocycles. The molecule has 8 heteroatoms. The summed E-state index contributed by atoms with van der Waals surface area (Å²) in [7, 11) is 1.58. The number of nitrogens with one attached hydrogen (secondary N) is 2. The van der Waals surface area contributed by atoms with Crippen molar-refractivity contribution >= 4 is 17.7 Å². The van der Waals surface area contributed by atoms with Crippen molar-refractivity contribution in [2.24, 2.45) is 0 Å². The van der Waals surface area contributed by atoms with Crippen LogP contribution in [0, 0.1) is 0 Å². The van der Waals surface area contributed by atoms with Crippen LogP contribution < -0.4 is 15.6 Å². The summed E-state index contributed by atoms with van der Waals surface area (Å²) in [5.74, 6) is 0.760. The molecule has 7 nitrogen and oxygen atoms in total. The molecule has 1 aromatic heterocycles. The highest BCUT2D eigenvalue weighted by atomic mass is 32.2. The molecule has 154 valence electrons. The molecular weight excluding hydrogens is 400 g/mol. The number of amides is 1. The van der Waals surface area contributed by atoms with E-state index >= 15 is 0 Å². The second kappa shape index (κ2) is 9.13. The largest absolute Gasteiger partial charge is 0.497 e. The number of rotatable bonds is 6. The number of aromatic nitrogens is 3. The standard InChI is InChI=1S/C22H22N4O3S/c1-29-16-11-9-15(10-12-16)20-21(28)24-22(26-25-20)30-13-19(27)23-18-8-4-6-14-5-2-3-7-17(14)18/h2-3,5,7,9-12,18H,4,6,8,13H2,1H3,(H,23,27)(H,24,26,28)/t18-/m0/s1. The van der Waals surface area contributed by atoms with Gasteiger partial charge in [0.25, 0.3) is 5.56 Å². The van der Waals surface area contributed by atoms with Gasteiger partial charge in [-0.05, 0) is 54.7 Å². The zero-order valence-corrected chi connectivity index (χ0v) is 17.4. The summed E-state index contributed by atoms with van der Waals surface area (Å²) in [4.78, 5) is 27.5. The number of carbonyl (C=O) groups excluding carboxylic acids is 1. The van der Waals surface area contributed by atoms with Gasteiger partial charge in [-0.2, -0.15) is 0 Å². The van der Waals surface area contributed by atoms with Crippen molar-refractivity contribution in [2.45, 2.75) is 30.5 Å². The molecule has 1 aliphatic carbocycles. The van der Waals surface area contributed by atoms with Gasteiger partial charge >= 0.3 is 0 Å². The monoisotopic (exact) mass is 422 g/mol. The van der Waals surface area contributed by atoms with Crippen LogP contribution in [-0.4, -0.2) is 34.0 Å². The predicted octanol–water partition coefficient (Wildman–Crippen LogP) is 3.13. The van der Waals surface area contributed by atoms with Gasteiger partial charge in [0.2, 0.25) is 5.91 Å². The van der Waals surface area contributed by atoms with Crippen molar-refractivity contribution in [3.63, 3.8) is 0 Å². The fraction of sp³-hybridized carbons (Fsp3) is 0.273. The molecule has 0 fully saturated rings. The zero-order valence-electron chi connectivity index (χ0n) is 16.6. The molecule has 1 aliphatic rings. The average molecular weight is 423 g/mol. The number of methoxy groups -OCH3 is 1. The lowest BCUT2D eigenvalue weighted by Gasteiger charge is -2.26. The zero-order chi connectivity index (χ0) is 20.9. The summed E-state index contributed by atoms with van der Waals surface area (Å²) in [5, 5.41) is 11.5. The fourth-order valence-electron chi connectivity index (χ4n) is 3.60. The van der Waals surface area contributed by atoms with Crippen molar-refractivity contribution in [3.05, 3.63) is 70.0 Å². The second-order valence-corrected chi connectivity index (χ2v) is 8.00. The van der Waals surface area contributed by atoms with Crippen LogP contribution in [0.3, 0.4) is 0 Å². The normalized spacial score (nSPS) is 15.3. The first-order valence-corrected chi connectivity index (χ1v) is 10.7. The third kappa shape index (κ3) is 4.54. The van der Waals surface area contributed by atoms with Gasteiger partial charge in [-0.3, -0.25) is 14.6 Å². The third-order valence-corrected chi connectivity index (χ3v) is 5.95. The van der Waals surface area contributed by atoms with Crippen molar-refractivity contribution in [3.8, 4) is 17.0 Å². The number of hydrogen-bond acceptors (Lipinski definition) is 6. The molecular formula is C22H22N4O3S. The smallest absolute Gasteiger partial charge is 0.278 e. The minimum Gasteiger partial charge on any atom is -0.497 e. The first-order valence-electron chi connectivity index (χ1n) is 9.75. The van der Waals surface area contributed by atoms with Crippen LogP contribution >= 0.6 is 11.8 Å². The van der Waals surface area contributed by atoms with E-state index in [2.05, 4.69) is 32.6 Å². The molecule has 1 amide bonds. The summed E-state index contributed by atoms with van der Waals surface area (Å²) in [6, 6.07) is 15.3. The quantitative estimate of drug-likeness (QED) is 0.593. The number of ether oxygens (including phenoxy) is 1. The summed E-state index contributed by atoms with van der Waals surface area (Å²) < 4.78 is 5.12. The number of thioether (sulfide) groups is 1. The minimum absolute atomic E-state index is 0.0330. The fourth-order valence-corrected chi connectivity index (χ4v) is 4.21. The Morgan fingerprint density at radius 2 is 2.00 bits per heavy atom. The van der Waals surface area contributed by atoms with Crippen LogP contribution in [0.15, 0.2) is 58.5 Å². The highest BCUT2D eigenvalue weighted by molar-refractivity contribution is 7.99. The molecule has 2 aromatic carbocycles. The van der Waals surface area contributed by atoms with E-state index in [0.717, 1.165) is 31.0 Å². The molecule has 0 saturated heterocycles. The van der Waals surface area contributed by atoms with E-state index in [1.165, 1.54) is 11.1 Å². The van der Waals surface area contributed by atoms with E-state index in [0.29, 0.717) is 16.5 Å². The molecule has 0 spiro atoms. The molecule has 1 heterocycles. The summed E-state index contributed by atoms with van der Waals surface area (Å²) in [6.07, 6.45) is 3.04. The maximum absolute atomic E-state index is 12.4. The van der Waals surface area contributed by atoms with Crippen LogP contribution in [0.25, 0.3) is 11.3 Å². The molecule has 3 aromatic rings. The molecule has 1 atom stereocenters. The van der Waals surface area contributed by atoms with Gasteiger partial charge in [0.1, 0.15) is 5.75 Å². The molecule has 4 rings (SSSR count). The summed E-state index contributed by atoms with van der Waals surface area (Å²) in [6.45, 7) is 0. The Morgan fingerprint density at radius 3 is 2.77 bits per heavy atom. The molecule has 30 heavy (non-hydrogen) atoms. The maximum Gasteiger partial charge on any atom is 0.278 e. The van der Waals surface area contributed by atoms with Gasteiger partial charge in [0.15, 0.2) is 10.9 Å². The summed E-state index contributed by atoms with van der Waals surface area (Å²) in [5.41, 5.74) is 3.02. The number of H-pyrrole nitrogens is 1. The van der Waals surface area contributed by atoms with Crippen LogP contribution in [0.5, 0.6) is 5.75 Å². The number of fused-ring (bicyclic) bond motifs is 1. The van der Waals surface area contributed by atoms with Crippen molar-refractivity contribution in [1.82, 2.24) is 20.5 Å². The second-order valence-electron chi connectivity index (χ2n) is 7.04. The lowest BCUT2D eigenvalue weighted by molar-refractivity contribution is -0.119.